The second-order valence-corrected chi connectivity index (χ2v) is 6.02. The quantitative estimate of drug-likeness (QED) is 0.712. The molecule has 21 heavy (non-hydrogen) atoms. The lowest BCUT2D eigenvalue weighted by Crippen LogP contribution is -2.20. The summed E-state index contributed by atoms with van der Waals surface area (Å²) in [7, 11) is 0. The molecule has 0 amide bonds. The molecule has 1 aliphatic heterocycles. The van der Waals surface area contributed by atoms with Gasteiger partial charge in [-0.15, -0.1) is 0 Å². The van der Waals surface area contributed by atoms with E-state index in [0.717, 1.165) is 23.2 Å². The van der Waals surface area contributed by atoms with Gasteiger partial charge in [-0.1, -0.05) is 35.9 Å². The summed E-state index contributed by atoms with van der Waals surface area (Å²) in [6, 6.07) is 13.9. The molecule has 0 spiro atoms. The molecule has 0 bridgehead atoms. The van der Waals surface area contributed by atoms with Crippen LogP contribution in [-0.2, 0) is 13.0 Å². The number of aromatic amines is 1. The van der Waals surface area contributed by atoms with E-state index in [1.54, 1.807) is 0 Å². The summed E-state index contributed by atoms with van der Waals surface area (Å²) in [6.07, 6.45) is 0.985. The predicted octanol–water partition coefficient (Wildman–Crippen LogP) is 4.36. The van der Waals surface area contributed by atoms with Crippen molar-refractivity contribution < 1.29 is 4.74 Å². The Labute approximate surface area is 132 Å². The van der Waals surface area contributed by atoms with Crippen molar-refractivity contribution in [3.05, 3.63) is 57.8 Å². The van der Waals surface area contributed by atoms with Crippen molar-refractivity contribution in [2.75, 3.05) is 0 Å². The Balaban J connectivity index is 1.70. The van der Waals surface area contributed by atoms with E-state index in [1.165, 1.54) is 5.56 Å². The van der Waals surface area contributed by atoms with E-state index in [4.69, 9.17) is 28.6 Å². The minimum Gasteiger partial charge on any atom is -0.488 e. The van der Waals surface area contributed by atoms with E-state index in [2.05, 4.69) is 11.1 Å². The highest BCUT2D eigenvalue weighted by atomic mass is 35.5. The highest BCUT2D eigenvalue weighted by Gasteiger charge is 2.23. The number of aromatic nitrogens is 2. The van der Waals surface area contributed by atoms with Gasteiger partial charge in [0.15, 0.2) is 4.77 Å². The molecule has 0 fully saturated rings. The molecular weight excluding hydrogens is 304 g/mol. The Bertz CT molecular complexity index is 858. The van der Waals surface area contributed by atoms with Gasteiger partial charge in [-0.3, -0.25) is 0 Å². The predicted molar refractivity (Wildman–Crippen MR) is 86.7 cm³/mol. The van der Waals surface area contributed by atoms with Crippen LogP contribution in [0.4, 0.5) is 0 Å². The fourth-order valence-electron chi connectivity index (χ4n) is 2.91. The van der Waals surface area contributed by atoms with Crippen LogP contribution in [0.1, 0.15) is 5.56 Å². The van der Waals surface area contributed by atoms with Gasteiger partial charge in [-0.25, -0.2) is 0 Å². The van der Waals surface area contributed by atoms with Crippen LogP contribution in [0.25, 0.3) is 11.0 Å². The van der Waals surface area contributed by atoms with Crippen LogP contribution in [0.3, 0.4) is 0 Å². The van der Waals surface area contributed by atoms with E-state index < -0.39 is 0 Å². The number of H-pyrrole nitrogens is 1. The normalized spacial score (nSPS) is 16.9. The summed E-state index contributed by atoms with van der Waals surface area (Å²) in [6.45, 7) is 0.692. The number of para-hydroxylation sites is 2. The van der Waals surface area contributed by atoms with Crippen LogP contribution in [0.2, 0.25) is 5.02 Å². The first-order valence-corrected chi connectivity index (χ1v) is 7.62. The van der Waals surface area contributed by atoms with Crippen LogP contribution >= 0.6 is 23.8 Å². The van der Waals surface area contributed by atoms with Crippen LogP contribution < -0.4 is 4.74 Å². The second-order valence-electron chi connectivity index (χ2n) is 5.23. The van der Waals surface area contributed by atoms with Gasteiger partial charge < -0.3 is 14.3 Å². The highest BCUT2D eigenvalue weighted by Crippen LogP contribution is 2.30. The molecule has 0 aliphatic carbocycles. The number of hydrogen-bond donors (Lipinski definition) is 1. The zero-order valence-corrected chi connectivity index (χ0v) is 12.7. The zero-order chi connectivity index (χ0) is 14.4. The molecule has 0 saturated carbocycles. The number of imidazole rings is 1. The molecule has 0 saturated heterocycles. The first-order chi connectivity index (χ1) is 10.2. The van der Waals surface area contributed by atoms with Gasteiger partial charge in [-0.05, 0) is 36.0 Å². The van der Waals surface area contributed by atoms with Crippen molar-refractivity contribution in [1.29, 1.82) is 0 Å². The molecule has 1 N–H and O–H groups in total. The third kappa shape index (κ3) is 2.15. The molecule has 5 heteroatoms. The zero-order valence-electron chi connectivity index (χ0n) is 11.2. The third-order valence-corrected chi connectivity index (χ3v) is 4.47. The second kappa shape index (κ2) is 4.90. The summed E-state index contributed by atoms with van der Waals surface area (Å²) in [5.74, 6) is 0.972. The Morgan fingerprint density at radius 3 is 2.95 bits per heavy atom. The lowest BCUT2D eigenvalue weighted by atomic mass is 10.1. The van der Waals surface area contributed by atoms with E-state index in [-0.39, 0.29) is 6.10 Å². The summed E-state index contributed by atoms with van der Waals surface area (Å²) >= 11 is 11.7. The number of rotatable bonds is 2. The van der Waals surface area contributed by atoms with Crippen LogP contribution in [0.5, 0.6) is 5.75 Å². The molecule has 0 radical (unpaired) electrons. The summed E-state index contributed by atoms with van der Waals surface area (Å²) in [5, 5.41) is 0.704. The van der Waals surface area contributed by atoms with E-state index in [9.17, 15) is 0 Å². The summed E-state index contributed by atoms with van der Waals surface area (Å²) in [4.78, 5) is 3.20. The number of hydrogen-bond acceptors (Lipinski definition) is 2. The lowest BCUT2D eigenvalue weighted by molar-refractivity contribution is 0.210. The lowest BCUT2D eigenvalue weighted by Gasteiger charge is -2.12. The molecule has 4 rings (SSSR count). The van der Waals surface area contributed by atoms with Crippen molar-refractivity contribution in [1.82, 2.24) is 9.55 Å². The van der Waals surface area contributed by atoms with Gasteiger partial charge >= 0.3 is 0 Å². The maximum absolute atomic E-state index is 6.32. The Hall–Kier alpha value is -1.78. The van der Waals surface area contributed by atoms with Crippen LogP contribution in [0.15, 0.2) is 42.5 Å². The molecular formula is C16H13ClN2OS. The van der Waals surface area contributed by atoms with E-state index in [0.29, 0.717) is 16.3 Å². The molecule has 1 aromatic heterocycles. The number of benzene rings is 2. The van der Waals surface area contributed by atoms with Gasteiger partial charge in [0.1, 0.15) is 11.9 Å². The van der Waals surface area contributed by atoms with Gasteiger partial charge in [-0.2, -0.15) is 0 Å². The number of ether oxygens (including phenoxy) is 1. The molecule has 3 nitrogen and oxygen atoms in total. The van der Waals surface area contributed by atoms with Crippen molar-refractivity contribution in [2.24, 2.45) is 0 Å². The third-order valence-electron chi connectivity index (χ3n) is 3.84. The van der Waals surface area contributed by atoms with Gasteiger partial charge in [0, 0.05) is 6.42 Å². The largest absolute Gasteiger partial charge is 0.488 e. The van der Waals surface area contributed by atoms with Crippen molar-refractivity contribution in [3.63, 3.8) is 0 Å². The van der Waals surface area contributed by atoms with Crippen LogP contribution in [-0.4, -0.2) is 15.7 Å². The fraction of sp³-hybridized carbons (Fsp3) is 0.188. The summed E-state index contributed by atoms with van der Waals surface area (Å²) < 4.78 is 8.71. The van der Waals surface area contributed by atoms with E-state index in [1.807, 2.05) is 41.0 Å². The standard InChI is InChI=1S/C16H13ClN2OS/c17-12-5-3-6-13-15(12)19(16(21)18-13)9-11-8-10-4-1-2-7-14(10)20-11/h1-7,11H,8-9H2,(H,18,21). The van der Waals surface area contributed by atoms with Crippen molar-refractivity contribution in [2.45, 2.75) is 19.1 Å². The number of nitrogens with one attached hydrogen (secondary N) is 1. The maximum Gasteiger partial charge on any atom is 0.178 e. The Morgan fingerprint density at radius 2 is 2.10 bits per heavy atom. The minimum absolute atomic E-state index is 0.0874. The number of fused-ring (bicyclic) bond motifs is 2. The molecule has 106 valence electrons. The fourth-order valence-corrected chi connectivity index (χ4v) is 3.46. The van der Waals surface area contributed by atoms with Gasteiger partial charge in [0.25, 0.3) is 0 Å². The minimum atomic E-state index is 0.0874. The molecule has 1 unspecified atom stereocenters. The van der Waals surface area contributed by atoms with Crippen molar-refractivity contribution in [3.8, 4) is 5.75 Å². The maximum atomic E-state index is 6.32. The Morgan fingerprint density at radius 1 is 1.24 bits per heavy atom. The first kappa shape index (κ1) is 12.9. The molecule has 1 atom stereocenters. The van der Waals surface area contributed by atoms with Gasteiger partial charge in [0.05, 0.1) is 22.6 Å². The monoisotopic (exact) mass is 316 g/mol. The SMILES string of the molecule is S=c1[nH]c2cccc(Cl)c2n1CC1Cc2ccccc2O1. The smallest absolute Gasteiger partial charge is 0.178 e. The molecule has 1 aliphatic rings. The average molecular weight is 317 g/mol. The topological polar surface area (TPSA) is 29.9 Å². The Kier molecular flexibility index (Phi) is 3.01. The average Bonchev–Trinajstić information content (AvgIpc) is 3.01. The van der Waals surface area contributed by atoms with Gasteiger partial charge in [0.2, 0.25) is 0 Å². The molecule has 2 heterocycles. The van der Waals surface area contributed by atoms with Crippen molar-refractivity contribution >= 4 is 34.9 Å². The highest BCUT2D eigenvalue weighted by molar-refractivity contribution is 7.71. The molecule has 3 aromatic rings. The number of halogens is 1. The first-order valence-electron chi connectivity index (χ1n) is 6.84. The van der Waals surface area contributed by atoms with Crippen LogP contribution in [0, 0.1) is 4.77 Å². The van der Waals surface area contributed by atoms with E-state index >= 15 is 0 Å². The number of nitrogens with zero attached hydrogens (tertiary/aromatic N) is 1. The molecule has 2 aromatic carbocycles. The summed E-state index contributed by atoms with van der Waals surface area (Å²) in [5.41, 5.74) is 3.16.